The zero-order valence-corrected chi connectivity index (χ0v) is 15.2. The number of nitrogens with one attached hydrogen (secondary N) is 1. The molecule has 2 rings (SSSR count). The van der Waals surface area contributed by atoms with Gasteiger partial charge in [0.15, 0.2) is 0 Å². The highest BCUT2D eigenvalue weighted by molar-refractivity contribution is 9.10. The van der Waals surface area contributed by atoms with E-state index in [2.05, 4.69) is 59.4 Å². The van der Waals surface area contributed by atoms with Crippen LogP contribution in [0.5, 0.6) is 0 Å². The van der Waals surface area contributed by atoms with E-state index < -0.39 is 0 Å². The van der Waals surface area contributed by atoms with E-state index in [0.717, 1.165) is 24.3 Å². The molecule has 1 fully saturated rings. The first-order valence-corrected chi connectivity index (χ1v) is 9.39. The van der Waals surface area contributed by atoms with E-state index in [-0.39, 0.29) is 0 Å². The Labute approximate surface area is 139 Å². The Morgan fingerprint density at radius 2 is 1.90 bits per heavy atom. The Kier molecular flexibility index (Phi) is 7.25. The Morgan fingerprint density at radius 1 is 1.14 bits per heavy atom. The third-order valence-electron chi connectivity index (χ3n) is 4.66. The lowest BCUT2D eigenvalue weighted by molar-refractivity contribution is 0.238. The van der Waals surface area contributed by atoms with Crippen LogP contribution in [0.25, 0.3) is 0 Å². The minimum Gasteiger partial charge on any atom is -0.316 e. The van der Waals surface area contributed by atoms with Crippen molar-refractivity contribution < 1.29 is 0 Å². The van der Waals surface area contributed by atoms with E-state index in [9.17, 15) is 0 Å². The number of rotatable bonds is 7. The van der Waals surface area contributed by atoms with Gasteiger partial charge >= 0.3 is 0 Å². The van der Waals surface area contributed by atoms with E-state index >= 15 is 0 Å². The monoisotopic (exact) mass is 351 g/mol. The van der Waals surface area contributed by atoms with Gasteiger partial charge in [0.05, 0.1) is 0 Å². The number of benzene rings is 1. The fraction of sp³-hybridized carbons (Fsp3) is 0.684. The molecule has 1 saturated carbocycles. The average Bonchev–Trinajstić information content (AvgIpc) is 2.47. The molecule has 1 aliphatic carbocycles. The molecule has 0 aliphatic heterocycles. The van der Waals surface area contributed by atoms with Gasteiger partial charge in [0.25, 0.3) is 0 Å². The molecule has 0 amide bonds. The van der Waals surface area contributed by atoms with Crippen LogP contribution in [0.4, 0.5) is 0 Å². The molecule has 1 atom stereocenters. The molecule has 1 aromatic rings. The summed E-state index contributed by atoms with van der Waals surface area (Å²) >= 11 is 3.60. The number of hydrogen-bond donors (Lipinski definition) is 1. The Bertz CT molecular complexity index is 410. The van der Waals surface area contributed by atoms with E-state index in [1.165, 1.54) is 55.1 Å². The predicted molar refractivity (Wildman–Crippen MR) is 95.6 cm³/mol. The highest BCUT2D eigenvalue weighted by Crippen LogP contribution is 2.32. The van der Waals surface area contributed by atoms with Crippen molar-refractivity contribution in [3.05, 3.63) is 34.3 Å². The molecule has 0 saturated heterocycles. The largest absolute Gasteiger partial charge is 0.316 e. The summed E-state index contributed by atoms with van der Waals surface area (Å²) in [6.45, 7) is 6.89. The molecule has 118 valence electrons. The summed E-state index contributed by atoms with van der Waals surface area (Å²) in [5, 5.41) is 3.71. The zero-order chi connectivity index (χ0) is 15.1. The molecule has 1 nitrogen and oxygen atoms in total. The summed E-state index contributed by atoms with van der Waals surface area (Å²) in [6.07, 6.45) is 8.40. The van der Waals surface area contributed by atoms with Crippen LogP contribution in [0, 0.1) is 17.8 Å². The third-order valence-corrected chi connectivity index (χ3v) is 5.16. The van der Waals surface area contributed by atoms with Crippen molar-refractivity contribution >= 4 is 15.9 Å². The fourth-order valence-corrected chi connectivity index (χ4v) is 3.98. The van der Waals surface area contributed by atoms with Gasteiger partial charge in [-0.15, -0.1) is 0 Å². The molecule has 1 N–H and O–H groups in total. The van der Waals surface area contributed by atoms with Crippen molar-refractivity contribution in [2.75, 3.05) is 13.1 Å². The van der Waals surface area contributed by atoms with Crippen LogP contribution in [0.15, 0.2) is 28.7 Å². The number of hydrogen-bond acceptors (Lipinski definition) is 1. The minimum atomic E-state index is 0.739. The second kappa shape index (κ2) is 8.95. The van der Waals surface area contributed by atoms with E-state index in [1.54, 1.807) is 0 Å². The Balaban J connectivity index is 1.96. The van der Waals surface area contributed by atoms with Crippen LogP contribution < -0.4 is 5.32 Å². The summed E-state index contributed by atoms with van der Waals surface area (Å²) in [4.78, 5) is 0. The number of halogens is 1. The van der Waals surface area contributed by atoms with E-state index in [1.807, 2.05) is 0 Å². The van der Waals surface area contributed by atoms with Gasteiger partial charge in [0.2, 0.25) is 0 Å². The first kappa shape index (κ1) is 17.0. The molecule has 21 heavy (non-hydrogen) atoms. The van der Waals surface area contributed by atoms with Gasteiger partial charge in [-0.25, -0.2) is 0 Å². The second-order valence-electron chi connectivity index (χ2n) is 7.04. The molecule has 0 bridgehead atoms. The van der Waals surface area contributed by atoms with Crippen molar-refractivity contribution in [2.24, 2.45) is 17.8 Å². The van der Waals surface area contributed by atoms with Gasteiger partial charge in [0.1, 0.15) is 0 Å². The smallest absolute Gasteiger partial charge is 0.0177 e. The highest BCUT2D eigenvalue weighted by Gasteiger charge is 2.23. The van der Waals surface area contributed by atoms with Crippen molar-refractivity contribution in [3.63, 3.8) is 0 Å². The van der Waals surface area contributed by atoms with Crippen LogP contribution >= 0.6 is 15.9 Å². The SMILES string of the molecule is CC(C)CNCC(Cc1cccc(Br)c1)C1CCCCC1. The maximum atomic E-state index is 3.71. The molecule has 0 aromatic heterocycles. The topological polar surface area (TPSA) is 12.0 Å². The molecule has 1 aliphatic rings. The predicted octanol–water partition coefficient (Wildman–Crippen LogP) is 5.43. The highest BCUT2D eigenvalue weighted by atomic mass is 79.9. The first-order chi connectivity index (χ1) is 10.1. The van der Waals surface area contributed by atoms with Crippen LogP contribution in [-0.2, 0) is 6.42 Å². The molecule has 1 unspecified atom stereocenters. The summed E-state index contributed by atoms with van der Waals surface area (Å²) in [6, 6.07) is 8.86. The lowest BCUT2D eigenvalue weighted by Crippen LogP contribution is -2.33. The molecule has 1 aromatic carbocycles. The molecule has 0 spiro atoms. The van der Waals surface area contributed by atoms with Crippen LogP contribution in [-0.4, -0.2) is 13.1 Å². The van der Waals surface area contributed by atoms with Crippen LogP contribution in [0.3, 0.4) is 0 Å². The maximum Gasteiger partial charge on any atom is 0.0177 e. The van der Waals surface area contributed by atoms with Crippen molar-refractivity contribution in [3.8, 4) is 0 Å². The van der Waals surface area contributed by atoms with Crippen molar-refractivity contribution in [1.29, 1.82) is 0 Å². The van der Waals surface area contributed by atoms with Gasteiger partial charge in [-0.2, -0.15) is 0 Å². The normalized spacial score (nSPS) is 18.1. The van der Waals surface area contributed by atoms with E-state index in [0.29, 0.717) is 0 Å². The average molecular weight is 352 g/mol. The Morgan fingerprint density at radius 3 is 2.57 bits per heavy atom. The summed E-state index contributed by atoms with van der Waals surface area (Å²) in [7, 11) is 0. The van der Waals surface area contributed by atoms with Crippen molar-refractivity contribution in [1.82, 2.24) is 5.32 Å². The summed E-state index contributed by atoms with van der Waals surface area (Å²) in [5.74, 6) is 2.44. The summed E-state index contributed by atoms with van der Waals surface area (Å²) < 4.78 is 1.21. The minimum absolute atomic E-state index is 0.739. The van der Waals surface area contributed by atoms with Gasteiger partial charge < -0.3 is 5.32 Å². The molecule has 0 radical (unpaired) electrons. The van der Waals surface area contributed by atoms with E-state index in [4.69, 9.17) is 0 Å². The van der Waals surface area contributed by atoms with Crippen LogP contribution in [0.2, 0.25) is 0 Å². The lowest BCUT2D eigenvalue weighted by Gasteiger charge is -2.31. The standard InChI is InChI=1S/C19H30BrN/c1-15(2)13-21-14-18(17-8-4-3-5-9-17)11-16-7-6-10-19(20)12-16/h6-7,10,12,15,17-18,21H,3-5,8-9,11,13-14H2,1-2H3. The molecule has 0 heterocycles. The quantitative estimate of drug-likeness (QED) is 0.690. The van der Waals surface area contributed by atoms with Gasteiger partial charge in [-0.1, -0.05) is 74.0 Å². The van der Waals surface area contributed by atoms with Gasteiger partial charge in [-0.05, 0) is 55.0 Å². The molecular formula is C19H30BrN. The maximum absolute atomic E-state index is 3.71. The van der Waals surface area contributed by atoms with Gasteiger partial charge in [0, 0.05) is 4.47 Å². The zero-order valence-electron chi connectivity index (χ0n) is 13.6. The van der Waals surface area contributed by atoms with Crippen molar-refractivity contribution in [2.45, 2.75) is 52.4 Å². The van der Waals surface area contributed by atoms with Gasteiger partial charge in [-0.3, -0.25) is 0 Å². The lowest BCUT2D eigenvalue weighted by atomic mass is 9.77. The fourth-order valence-electron chi connectivity index (χ4n) is 3.54. The summed E-state index contributed by atoms with van der Waals surface area (Å²) in [5.41, 5.74) is 1.48. The van der Waals surface area contributed by atoms with Crippen LogP contribution in [0.1, 0.15) is 51.5 Å². The third kappa shape index (κ3) is 6.12. The second-order valence-corrected chi connectivity index (χ2v) is 7.96. The Hall–Kier alpha value is -0.340. The first-order valence-electron chi connectivity index (χ1n) is 8.60. The molecular weight excluding hydrogens is 322 g/mol. The molecule has 2 heteroatoms.